The minimum absolute atomic E-state index is 0.183. The molecule has 0 N–H and O–H groups in total. The summed E-state index contributed by atoms with van der Waals surface area (Å²) < 4.78 is 83.1. The number of rotatable bonds is 3. The Balaban J connectivity index is 1.41. The Morgan fingerprint density at radius 1 is 0.500 bits per heavy atom. The molecule has 0 aliphatic heterocycles. The van der Waals surface area contributed by atoms with Crippen LogP contribution in [0.25, 0.3) is 87.8 Å². The van der Waals surface area contributed by atoms with Gasteiger partial charge in [0.25, 0.3) is 0 Å². The van der Waals surface area contributed by atoms with Gasteiger partial charge in [-0.05, 0) is 73.1 Å². The molecule has 0 fully saturated rings. The Morgan fingerprint density at radius 2 is 1.07 bits per heavy atom. The van der Waals surface area contributed by atoms with Crippen LogP contribution in [0, 0.1) is 0 Å². The van der Waals surface area contributed by atoms with Gasteiger partial charge < -0.3 is 8.83 Å². The molecule has 0 radical (unpaired) electrons. The van der Waals surface area contributed by atoms with Crippen LogP contribution in [0.15, 0.2) is 154 Å². The van der Waals surface area contributed by atoms with Crippen molar-refractivity contribution < 1.29 is 19.8 Å². The second kappa shape index (κ2) is 8.95. The van der Waals surface area contributed by atoms with Crippen LogP contribution in [0.2, 0.25) is 0 Å². The lowest BCUT2D eigenvalue weighted by molar-refractivity contribution is 0.600. The summed E-state index contributed by atoms with van der Waals surface area (Å²) in [7, 11) is 0. The molecule has 9 aromatic rings. The van der Waals surface area contributed by atoms with E-state index in [0.29, 0.717) is 33.4 Å². The fourth-order valence-corrected chi connectivity index (χ4v) is 6.17. The van der Waals surface area contributed by atoms with E-state index in [1.54, 1.807) is 30.5 Å². The Labute approximate surface area is 253 Å². The van der Waals surface area contributed by atoms with Gasteiger partial charge in [0.15, 0.2) is 11.2 Å². The summed E-state index contributed by atoms with van der Waals surface area (Å²) in [5.74, 6) is 0. The van der Waals surface area contributed by atoms with Gasteiger partial charge in [0.05, 0.1) is 17.2 Å². The van der Waals surface area contributed by atoms with Crippen molar-refractivity contribution >= 4 is 54.5 Å². The number of furan rings is 2. The van der Waals surface area contributed by atoms with Crippen LogP contribution in [0.3, 0.4) is 0 Å². The summed E-state index contributed by atoms with van der Waals surface area (Å²) >= 11 is 0. The Hall–Kier alpha value is -5.60. The second-order valence-corrected chi connectivity index (χ2v) is 10.3. The molecule has 7 aromatic carbocycles. The first-order chi connectivity index (χ1) is 24.2. The fraction of sp³-hybridized carbons (Fsp3) is 0. The molecule has 0 saturated carbocycles. The van der Waals surface area contributed by atoms with Crippen molar-refractivity contribution in [3.63, 3.8) is 0 Å². The molecule has 2 aromatic heterocycles. The predicted octanol–water partition coefficient (Wildman–Crippen LogP) is 11.6. The first kappa shape index (κ1) is 16.6. The average molecular weight is 545 g/mol. The van der Waals surface area contributed by atoms with Crippen LogP contribution in [0.1, 0.15) is 11.0 Å². The van der Waals surface area contributed by atoms with Crippen molar-refractivity contribution in [1.29, 1.82) is 0 Å². The maximum Gasteiger partial charge on any atom is 0.179 e. The van der Waals surface area contributed by atoms with Gasteiger partial charge in [-0.3, -0.25) is 0 Å². The van der Waals surface area contributed by atoms with Crippen molar-refractivity contribution in [3.05, 3.63) is 146 Å². The Bertz CT molecular complexity index is 2810. The van der Waals surface area contributed by atoms with Gasteiger partial charge in [-0.15, -0.1) is 0 Å². The summed E-state index contributed by atoms with van der Waals surface area (Å²) in [5.41, 5.74) is 5.52. The van der Waals surface area contributed by atoms with Gasteiger partial charge in [0.2, 0.25) is 0 Å². The molecule has 2 nitrogen and oxygen atoms in total. The van der Waals surface area contributed by atoms with E-state index in [1.165, 1.54) is 0 Å². The first-order valence-corrected chi connectivity index (χ1v) is 13.6. The number of hydrogen-bond acceptors (Lipinski definition) is 2. The van der Waals surface area contributed by atoms with E-state index in [0.717, 1.165) is 32.9 Å². The van der Waals surface area contributed by atoms with Gasteiger partial charge in [0, 0.05) is 16.2 Å². The average Bonchev–Trinajstić information content (AvgIpc) is 3.78. The zero-order valence-electron chi connectivity index (χ0n) is 30.1. The highest BCUT2D eigenvalue weighted by Crippen LogP contribution is 2.45. The highest BCUT2D eigenvalue weighted by molar-refractivity contribution is 6.22. The SMILES string of the molecule is [2H]c1c([2H])c([2H])c2c(-c3ccc(-c4cc5ccoc5c5oc6ccccc6c45)cc3)c3c([2H])c([2H])c([2H])c([2H])c3c(-c3ccccc3)c2c1[2H]. The largest absolute Gasteiger partial charge is 0.460 e. The maximum atomic E-state index is 9.16. The standard InChI is InChI=1S/C40H24O2/c1-2-10-26(11-3-1)36-29-12-4-6-14-31(29)37(32-15-7-5-13-30(32)36)27-20-18-25(19-21-27)34-24-28-22-23-41-39(28)40-38(34)33-16-8-9-17-35(33)42-40/h1-24H/i4D,5D,6D,7D,12D,13D,14D,15D. The first-order valence-electron chi connectivity index (χ1n) is 17.6. The van der Waals surface area contributed by atoms with E-state index < -0.39 is 24.2 Å². The molecular formula is C40H24O2. The summed E-state index contributed by atoms with van der Waals surface area (Å²) in [6.45, 7) is 0. The van der Waals surface area contributed by atoms with E-state index >= 15 is 0 Å². The van der Waals surface area contributed by atoms with Crippen molar-refractivity contribution in [2.75, 3.05) is 0 Å². The van der Waals surface area contributed by atoms with Crippen LogP contribution in [-0.4, -0.2) is 0 Å². The van der Waals surface area contributed by atoms with Crippen molar-refractivity contribution in [1.82, 2.24) is 0 Å². The lowest BCUT2D eigenvalue weighted by atomic mass is 9.85. The number of para-hydroxylation sites is 1. The van der Waals surface area contributed by atoms with Crippen molar-refractivity contribution in [3.8, 4) is 33.4 Å². The number of benzene rings is 7. The van der Waals surface area contributed by atoms with E-state index in [2.05, 4.69) is 0 Å². The van der Waals surface area contributed by atoms with Gasteiger partial charge in [-0.2, -0.15) is 0 Å². The summed E-state index contributed by atoms with van der Waals surface area (Å²) in [6.07, 6.45) is 1.63. The molecule has 0 spiro atoms. The lowest BCUT2D eigenvalue weighted by Crippen LogP contribution is -1.90. The Morgan fingerprint density at radius 3 is 1.74 bits per heavy atom. The van der Waals surface area contributed by atoms with Crippen molar-refractivity contribution in [2.24, 2.45) is 0 Å². The maximum absolute atomic E-state index is 9.16. The van der Waals surface area contributed by atoms with Crippen LogP contribution in [0.5, 0.6) is 0 Å². The Kier molecular flexibility index (Phi) is 3.54. The molecule has 0 bridgehead atoms. The smallest absolute Gasteiger partial charge is 0.179 e. The lowest BCUT2D eigenvalue weighted by Gasteiger charge is -2.18. The molecule has 42 heavy (non-hydrogen) atoms. The zero-order chi connectivity index (χ0) is 34.6. The number of hydrogen-bond donors (Lipinski definition) is 0. The zero-order valence-corrected chi connectivity index (χ0v) is 22.1. The van der Waals surface area contributed by atoms with Crippen molar-refractivity contribution in [2.45, 2.75) is 0 Å². The summed E-state index contributed by atoms with van der Waals surface area (Å²) in [6, 6.07) is 25.3. The predicted molar refractivity (Wildman–Crippen MR) is 175 cm³/mol. The topological polar surface area (TPSA) is 26.3 Å². The molecule has 9 rings (SSSR count). The third kappa shape index (κ3) is 3.33. The molecular weight excluding hydrogens is 512 g/mol. The normalized spacial score (nSPS) is 14.5. The monoisotopic (exact) mass is 544 g/mol. The van der Waals surface area contributed by atoms with Crippen LogP contribution < -0.4 is 0 Å². The minimum atomic E-state index is -0.429. The van der Waals surface area contributed by atoms with E-state index in [-0.39, 0.29) is 45.7 Å². The van der Waals surface area contributed by atoms with Gasteiger partial charge in [-0.1, -0.05) is 121 Å². The third-order valence-electron chi connectivity index (χ3n) is 7.99. The van der Waals surface area contributed by atoms with Crippen LogP contribution >= 0.6 is 0 Å². The molecule has 0 unspecified atom stereocenters. The minimum Gasteiger partial charge on any atom is -0.460 e. The number of fused-ring (bicyclic) bond motifs is 7. The molecule has 0 aliphatic rings. The van der Waals surface area contributed by atoms with Crippen LogP contribution in [-0.2, 0) is 0 Å². The van der Waals surface area contributed by atoms with E-state index in [1.807, 2.05) is 66.7 Å². The van der Waals surface area contributed by atoms with E-state index in [4.69, 9.17) is 19.8 Å². The second-order valence-electron chi connectivity index (χ2n) is 10.3. The highest BCUT2D eigenvalue weighted by Gasteiger charge is 2.19. The van der Waals surface area contributed by atoms with E-state index in [9.17, 15) is 0 Å². The summed E-state index contributed by atoms with van der Waals surface area (Å²) in [4.78, 5) is 0. The molecule has 0 atom stereocenters. The van der Waals surface area contributed by atoms with Gasteiger partial charge >= 0.3 is 0 Å². The fourth-order valence-electron chi connectivity index (χ4n) is 6.17. The quantitative estimate of drug-likeness (QED) is 0.207. The molecule has 196 valence electrons. The van der Waals surface area contributed by atoms with Crippen LogP contribution in [0.4, 0.5) is 0 Å². The molecule has 0 saturated heterocycles. The molecule has 2 heteroatoms. The van der Waals surface area contributed by atoms with Gasteiger partial charge in [0.1, 0.15) is 5.58 Å². The molecule has 2 heterocycles. The summed E-state index contributed by atoms with van der Waals surface area (Å²) in [5, 5.41) is 3.44. The molecule has 0 amide bonds. The highest BCUT2D eigenvalue weighted by atomic mass is 16.4. The molecule has 0 aliphatic carbocycles. The third-order valence-corrected chi connectivity index (χ3v) is 7.99. The van der Waals surface area contributed by atoms with Gasteiger partial charge in [-0.25, -0.2) is 0 Å².